The van der Waals surface area contributed by atoms with Gasteiger partial charge in [-0.05, 0) is 31.9 Å². The molecule has 0 aliphatic carbocycles. The second kappa shape index (κ2) is 6.10. The summed E-state index contributed by atoms with van der Waals surface area (Å²) >= 11 is 0. The first kappa shape index (κ1) is 12.5. The van der Waals surface area contributed by atoms with E-state index in [1.807, 2.05) is 24.2 Å². The van der Waals surface area contributed by atoms with Crippen molar-refractivity contribution in [3.05, 3.63) is 29.6 Å². The molecule has 0 aliphatic heterocycles. The molecule has 0 atom stereocenters. The number of aliphatic imine (C=N–C) groups is 1. The van der Waals surface area contributed by atoms with Crippen molar-refractivity contribution in [1.82, 2.24) is 9.88 Å². The van der Waals surface area contributed by atoms with Crippen molar-refractivity contribution in [1.29, 1.82) is 0 Å². The maximum Gasteiger partial charge on any atom is 0.191 e. The number of aryl methyl sites for hydroxylation is 1. The molecule has 4 heteroatoms. The molecule has 4 nitrogen and oxygen atoms in total. The van der Waals surface area contributed by atoms with Crippen LogP contribution >= 0.6 is 0 Å². The fourth-order valence-electron chi connectivity index (χ4n) is 1.52. The van der Waals surface area contributed by atoms with Gasteiger partial charge < -0.3 is 10.6 Å². The van der Waals surface area contributed by atoms with Gasteiger partial charge in [0, 0.05) is 25.5 Å². The lowest BCUT2D eigenvalue weighted by molar-refractivity contribution is 0.458. The van der Waals surface area contributed by atoms with Crippen LogP contribution in [0.5, 0.6) is 0 Å². The summed E-state index contributed by atoms with van der Waals surface area (Å²) in [6.07, 6.45) is 3.66. The summed E-state index contributed by atoms with van der Waals surface area (Å²) < 4.78 is 0. The lowest BCUT2D eigenvalue weighted by Crippen LogP contribution is -2.37. The molecule has 0 bridgehead atoms. The van der Waals surface area contributed by atoms with Gasteiger partial charge in [0.25, 0.3) is 0 Å². The van der Waals surface area contributed by atoms with Crippen LogP contribution in [0.15, 0.2) is 23.5 Å². The van der Waals surface area contributed by atoms with Crippen LogP contribution in [-0.4, -0.2) is 28.9 Å². The van der Waals surface area contributed by atoms with Crippen molar-refractivity contribution in [2.24, 2.45) is 10.7 Å². The lowest BCUT2D eigenvalue weighted by Gasteiger charge is -2.19. The van der Waals surface area contributed by atoms with Gasteiger partial charge in [-0.2, -0.15) is 0 Å². The van der Waals surface area contributed by atoms with Crippen molar-refractivity contribution in [3.8, 4) is 0 Å². The van der Waals surface area contributed by atoms with Gasteiger partial charge in [-0.3, -0.25) is 4.98 Å². The Morgan fingerprint density at radius 3 is 2.62 bits per heavy atom. The van der Waals surface area contributed by atoms with E-state index < -0.39 is 0 Å². The molecule has 88 valence electrons. The van der Waals surface area contributed by atoms with Crippen LogP contribution in [0.3, 0.4) is 0 Å². The van der Waals surface area contributed by atoms with Crippen LogP contribution in [0.4, 0.5) is 0 Å². The summed E-state index contributed by atoms with van der Waals surface area (Å²) in [5.74, 6) is 0.603. The molecule has 0 fully saturated rings. The van der Waals surface area contributed by atoms with E-state index in [1.165, 1.54) is 0 Å². The summed E-state index contributed by atoms with van der Waals surface area (Å²) in [5, 5.41) is 0. The van der Waals surface area contributed by atoms with Crippen LogP contribution < -0.4 is 5.73 Å². The average molecular weight is 220 g/mol. The van der Waals surface area contributed by atoms with E-state index in [9.17, 15) is 0 Å². The number of nitrogens with two attached hydrogens (primary N) is 1. The van der Waals surface area contributed by atoms with Crippen molar-refractivity contribution in [2.75, 3.05) is 13.1 Å². The Balaban J connectivity index is 2.65. The SMILES string of the molecule is CCN(CC)C(N)=NCc1cncc(C)c1. The summed E-state index contributed by atoms with van der Waals surface area (Å²) in [4.78, 5) is 10.5. The molecule has 16 heavy (non-hydrogen) atoms. The van der Waals surface area contributed by atoms with E-state index in [-0.39, 0.29) is 0 Å². The first-order valence-corrected chi connectivity index (χ1v) is 5.62. The minimum absolute atomic E-state index is 0.594. The Morgan fingerprint density at radius 1 is 1.38 bits per heavy atom. The number of aromatic nitrogens is 1. The monoisotopic (exact) mass is 220 g/mol. The molecule has 0 amide bonds. The predicted octanol–water partition coefficient (Wildman–Crippen LogP) is 1.55. The normalized spacial score (nSPS) is 11.6. The van der Waals surface area contributed by atoms with Crippen molar-refractivity contribution in [2.45, 2.75) is 27.3 Å². The molecule has 0 aliphatic rings. The smallest absolute Gasteiger partial charge is 0.191 e. The molecule has 1 aromatic rings. The molecule has 1 heterocycles. The summed E-state index contributed by atoms with van der Waals surface area (Å²) in [6.45, 7) is 8.53. The average Bonchev–Trinajstić information content (AvgIpc) is 2.28. The maximum absolute atomic E-state index is 5.88. The molecular weight excluding hydrogens is 200 g/mol. The molecule has 1 rings (SSSR count). The van der Waals surface area contributed by atoms with E-state index in [2.05, 4.69) is 29.9 Å². The standard InChI is InChI=1S/C12H20N4/c1-4-16(5-2)12(13)15-9-11-6-10(3)7-14-8-11/h6-8H,4-5,9H2,1-3H3,(H2,13,15). The zero-order valence-corrected chi connectivity index (χ0v) is 10.3. The molecule has 0 radical (unpaired) electrons. The quantitative estimate of drug-likeness (QED) is 0.618. The molecular formula is C12H20N4. The van der Waals surface area contributed by atoms with Gasteiger partial charge in [-0.15, -0.1) is 0 Å². The number of guanidine groups is 1. The van der Waals surface area contributed by atoms with Crippen LogP contribution in [0.2, 0.25) is 0 Å². The second-order valence-electron chi connectivity index (χ2n) is 3.72. The number of pyridine rings is 1. The maximum atomic E-state index is 5.88. The third kappa shape index (κ3) is 3.53. The van der Waals surface area contributed by atoms with Gasteiger partial charge in [0.05, 0.1) is 6.54 Å². The zero-order chi connectivity index (χ0) is 12.0. The topological polar surface area (TPSA) is 54.5 Å². The van der Waals surface area contributed by atoms with Crippen molar-refractivity contribution >= 4 is 5.96 Å². The van der Waals surface area contributed by atoms with Crippen LogP contribution in [0, 0.1) is 6.92 Å². The molecule has 0 spiro atoms. The Kier molecular flexibility index (Phi) is 4.76. The van der Waals surface area contributed by atoms with Gasteiger partial charge in [-0.1, -0.05) is 6.07 Å². The largest absolute Gasteiger partial charge is 0.370 e. The van der Waals surface area contributed by atoms with Gasteiger partial charge in [0.15, 0.2) is 5.96 Å². The lowest BCUT2D eigenvalue weighted by atomic mass is 10.2. The van der Waals surface area contributed by atoms with Crippen LogP contribution in [-0.2, 0) is 6.54 Å². The highest BCUT2D eigenvalue weighted by Crippen LogP contribution is 2.03. The summed E-state index contributed by atoms with van der Waals surface area (Å²) in [6, 6.07) is 2.08. The highest BCUT2D eigenvalue weighted by molar-refractivity contribution is 5.77. The number of hydrogen-bond donors (Lipinski definition) is 1. The van der Waals surface area contributed by atoms with Crippen LogP contribution in [0.1, 0.15) is 25.0 Å². The molecule has 0 saturated carbocycles. The van der Waals surface area contributed by atoms with E-state index in [0.717, 1.165) is 24.2 Å². The summed E-state index contributed by atoms with van der Waals surface area (Å²) in [7, 11) is 0. The van der Waals surface area contributed by atoms with Gasteiger partial charge in [0.2, 0.25) is 0 Å². The second-order valence-corrected chi connectivity index (χ2v) is 3.72. The first-order chi connectivity index (χ1) is 7.67. The molecule has 1 aromatic heterocycles. The third-order valence-corrected chi connectivity index (χ3v) is 2.44. The van der Waals surface area contributed by atoms with Gasteiger partial charge >= 0.3 is 0 Å². The fraction of sp³-hybridized carbons (Fsp3) is 0.500. The number of rotatable bonds is 4. The van der Waals surface area contributed by atoms with E-state index >= 15 is 0 Å². The number of nitrogens with zero attached hydrogens (tertiary/aromatic N) is 3. The minimum Gasteiger partial charge on any atom is -0.370 e. The molecule has 0 saturated heterocycles. The van der Waals surface area contributed by atoms with E-state index in [0.29, 0.717) is 12.5 Å². The van der Waals surface area contributed by atoms with Crippen molar-refractivity contribution < 1.29 is 0 Å². The zero-order valence-electron chi connectivity index (χ0n) is 10.3. The molecule has 0 unspecified atom stereocenters. The minimum atomic E-state index is 0.594. The first-order valence-electron chi connectivity index (χ1n) is 5.62. The van der Waals surface area contributed by atoms with Gasteiger partial charge in [-0.25, -0.2) is 4.99 Å². The highest BCUT2D eigenvalue weighted by atomic mass is 15.2. The van der Waals surface area contributed by atoms with Crippen LogP contribution in [0.25, 0.3) is 0 Å². The Morgan fingerprint density at radius 2 is 2.06 bits per heavy atom. The Hall–Kier alpha value is -1.58. The van der Waals surface area contributed by atoms with Gasteiger partial charge in [0.1, 0.15) is 0 Å². The molecule has 2 N–H and O–H groups in total. The molecule has 0 aromatic carbocycles. The third-order valence-electron chi connectivity index (χ3n) is 2.44. The highest BCUT2D eigenvalue weighted by Gasteiger charge is 2.01. The Bertz CT molecular complexity index is 356. The van der Waals surface area contributed by atoms with Crippen molar-refractivity contribution in [3.63, 3.8) is 0 Å². The summed E-state index contributed by atoms with van der Waals surface area (Å²) in [5.41, 5.74) is 8.12. The van der Waals surface area contributed by atoms with E-state index in [4.69, 9.17) is 5.73 Å². The fourth-order valence-corrected chi connectivity index (χ4v) is 1.52. The predicted molar refractivity (Wildman–Crippen MR) is 67.2 cm³/mol. The Labute approximate surface area is 97.2 Å². The van der Waals surface area contributed by atoms with E-state index in [1.54, 1.807) is 0 Å². The number of hydrogen-bond acceptors (Lipinski definition) is 2.